The van der Waals surface area contributed by atoms with Gasteiger partial charge in [0.15, 0.2) is 17.7 Å². The molecule has 0 fully saturated rings. The summed E-state index contributed by atoms with van der Waals surface area (Å²) in [5.74, 6) is -3.30. The van der Waals surface area contributed by atoms with Gasteiger partial charge in [0.2, 0.25) is 0 Å². The van der Waals surface area contributed by atoms with E-state index < -0.39 is 35.7 Å². The third-order valence-electron chi connectivity index (χ3n) is 4.71. The minimum absolute atomic E-state index is 0. The first-order valence-corrected chi connectivity index (χ1v) is 12.0. The van der Waals surface area contributed by atoms with Crippen molar-refractivity contribution in [2.75, 3.05) is 7.05 Å². The zero-order valence-electron chi connectivity index (χ0n) is 21.4. The highest BCUT2D eigenvalue weighted by Gasteiger charge is 2.26. The first kappa shape index (κ1) is 34.1. The molecule has 0 unspecified atom stereocenters. The van der Waals surface area contributed by atoms with Gasteiger partial charge in [-0.1, -0.05) is 80.9 Å². The van der Waals surface area contributed by atoms with E-state index in [2.05, 4.69) is 24.1 Å². The fourth-order valence-corrected chi connectivity index (χ4v) is 3.12. The number of amides is 1. The number of benzene rings is 2. The number of phenols is 1. The molecule has 0 aliphatic rings. The normalized spacial score (nSPS) is 10.7. The minimum atomic E-state index is -1.01. The molecule has 1 atom stereocenters. The summed E-state index contributed by atoms with van der Waals surface area (Å²) < 4.78 is 10.4. The van der Waals surface area contributed by atoms with Gasteiger partial charge < -0.3 is 25.2 Å². The molecule has 37 heavy (non-hydrogen) atoms. The summed E-state index contributed by atoms with van der Waals surface area (Å²) in [4.78, 5) is 36.5. The number of esters is 2. The highest BCUT2D eigenvalue weighted by Crippen LogP contribution is 2.41. The van der Waals surface area contributed by atoms with Crippen molar-refractivity contribution in [2.24, 2.45) is 5.92 Å². The number of carbonyl (C=O) groups excluding carboxylic acids is 3. The lowest BCUT2D eigenvalue weighted by Gasteiger charge is -2.21. The largest absolute Gasteiger partial charge is 0.505 e. The Kier molecular flexibility index (Phi) is 15.4. The Bertz CT molecular complexity index is 1080. The summed E-state index contributed by atoms with van der Waals surface area (Å²) in [7, 11) is 1.88. The zero-order valence-corrected chi connectivity index (χ0v) is 23.7. The average Bonchev–Trinajstić information content (AvgIpc) is 2.84. The van der Waals surface area contributed by atoms with Crippen molar-refractivity contribution in [3.8, 4) is 11.5 Å². The molecule has 2 rings (SSSR count). The number of halogens is 3. The van der Waals surface area contributed by atoms with Crippen molar-refractivity contribution in [2.45, 2.75) is 46.8 Å². The number of phenolic OH excluding ortho intramolecular Hbond substituents is 1. The predicted octanol–water partition coefficient (Wildman–Crippen LogP) is 5.92. The standard InChI is InChI=1S/C21H21Cl2NO6.C5H11N.ClH.H2/c1-11(2)21(28)30-16(9-13-7-5-4-6-8-13)24-20(27)14-10-15(22)18(26)17(23)19(14)29-12(3)25;1-4-5(2)6-3;;/h4-8,10-11,16,26H,9H2,1-3H3,(H,24,27);6H,2,4H2,1,3H3;2*1H/t16-;;;/m1.../s1. The Morgan fingerprint density at radius 3 is 2.22 bits per heavy atom. The van der Waals surface area contributed by atoms with E-state index in [0.29, 0.717) is 0 Å². The van der Waals surface area contributed by atoms with Gasteiger partial charge in [-0.05, 0) is 18.1 Å². The van der Waals surface area contributed by atoms with Gasteiger partial charge in [0, 0.05) is 27.5 Å². The Morgan fingerprint density at radius 1 is 1.16 bits per heavy atom. The van der Waals surface area contributed by atoms with Crippen LogP contribution < -0.4 is 15.4 Å². The number of hydrogen-bond acceptors (Lipinski definition) is 7. The maximum atomic E-state index is 12.9. The number of rotatable bonds is 9. The molecule has 0 aliphatic heterocycles. The lowest BCUT2D eigenvalue weighted by Crippen LogP contribution is -2.41. The van der Waals surface area contributed by atoms with Gasteiger partial charge >= 0.3 is 11.9 Å². The molecule has 2 aromatic rings. The molecule has 0 heterocycles. The second-order valence-corrected chi connectivity index (χ2v) is 8.73. The van der Waals surface area contributed by atoms with Crippen LogP contribution in [0.4, 0.5) is 0 Å². The van der Waals surface area contributed by atoms with Gasteiger partial charge in [0.05, 0.1) is 16.5 Å². The average molecular weight is 578 g/mol. The summed E-state index contributed by atoms with van der Waals surface area (Å²) in [6.07, 6.45) is 0.218. The van der Waals surface area contributed by atoms with Crippen molar-refractivity contribution in [1.82, 2.24) is 10.6 Å². The summed E-state index contributed by atoms with van der Waals surface area (Å²) in [6.45, 7) is 10.2. The fraction of sp³-hybridized carbons (Fsp3) is 0.346. The molecule has 3 N–H and O–H groups in total. The smallest absolute Gasteiger partial charge is 0.310 e. The predicted molar refractivity (Wildman–Crippen MR) is 150 cm³/mol. The summed E-state index contributed by atoms with van der Waals surface area (Å²) in [5, 5.41) is 14.8. The van der Waals surface area contributed by atoms with Crippen LogP contribution in [0.5, 0.6) is 11.5 Å². The third-order valence-corrected chi connectivity index (χ3v) is 5.34. The lowest BCUT2D eigenvalue weighted by atomic mass is 10.1. The Balaban J connectivity index is 0. The van der Waals surface area contributed by atoms with Gasteiger partial charge in [-0.15, -0.1) is 12.4 Å². The fourth-order valence-electron chi connectivity index (χ4n) is 2.63. The van der Waals surface area contributed by atoms with Crippen molar-refractivity contribution >= 4 is 53.5 Å². The van der Waals surface area contributed by atoms with Crippen molar-refractivity contribution in [1.29, 1.82) is 0 Å². The molecule has 206 valence electrons. The SMILES string of the molecule is C=C(CC)NC.CC(=O)Oc1c(C(=O)N[C@@H](Cc2ccccc2)OC(=O)C(C)C)cc(Cl)c(O)c1Cl.Cl.[HH]. The molecule has 0 saturated heterocycles. The highest BCUT2D eigenvalue weighted by molar-refractivity contribution is 6.39. The summed E-state index contributed by atoms with van der Waals surface area (Å²) >= 11 is 11.9. The van der Waals surface area contributed by atoms with Gasteiger partial charge in [-0.2, -0.15) is 0 Å². The number of ether oxygens (including phenoxy) is 2. The molecule has 0 spiro atoms. The Hall–Kier alpha value is -2.94. The lowest BCUT2D eigenvalue weighted by molar-refractivity contribution is -0.153. The highest BCUT2D eigenvalue weighted by atomic mass is 35.5. The van der Waals surface area contributed by atoms with E-state index in [4.69, 9.17) is 32.7 Å². The summed E-state index contributed by atoms with van der Waals surface area (Å²) in [5.41, 5.74) is 1.72. The van der Waals surface area contributed by atoms with Crippen LogP contribution in [0, 0.1) is 5.92 Å². The second kappa shape index (κ2) is 16.7. The zero-order chi connectivity index (χ0) is 27.4. The molecule has 8 nitrogen and oxygen atoms in total. The van der Waals surface area contributed by atoms with Crippen molar-refractivity contribution in [3.63, 3.8) is 0 Å². The van der Waals surface area contributed by atoms with E-state index in [1.54, 1.807) is 13.8 Å². The van der Waals surface area contributed by atoms with Gasteiger partial charge in [-0.3, -0.25) is 14.4 Å². The van der Waals surface area contributed by atoms with E-state index in [-0.39, 0.29) is 41.6 Å². The molecule has 0 aliphatic carbocycles. The van der Waals surface area contributed by atoms with Crippen LogP contribution in [0.25, 0.3) is 0 Å². The first-order valence-electron chi connectivity index (χ1n) is 11.2. The molecule has 1 amide bonds. The van der Waals surface area contributed by atoms with Crippen LogP contribution in [0.2, 0.25) is 10.0 Å². The number of nitrogens with one attached hydrogen (secondary N) is 2. The number of aromatic hydroxyl groups is 1. The topological polar surface area (TPSA) is 114 Å². The van der Waals surface area contributed by atoms with Crippen molar-refractivity contribution < 1.29 is 30.4 Å². The van der Waals surface area contributed by atoms with E-state index in [0.717, 1.165) is 30.7 Å². The van der Waals surface area contributed by atoms with E-state index in [1.165, 1.54) is 0 Å². The van der Waals surface area contributed by atoms with E-state index >= 15 is 0 Å². The number of allylic oxidation sites excluding steroid dienone is 1. The van der Waals surface area contributed by atoms with Crippen LogP contribution in [0.3, 0.4) is 0 Å². The molecule has 11 heteroatoms. The molecule has 0 saturated carbocycles. The van der Waals surface area contributed by atoms with Gasteiger partial charge in [0.25, 0.3) is 5.91 Å². The van der Waals surface area contributed by atoms with Crippen LogP contribution in [-0.4, -0.2) is 36.2 Å². The van der Waals surface area contributed by atoms with Crippen LogP contribution in [-0.2, 0) is 20.7 Å². The van der Waals surface area contributed by atoms with Gasteiger partial charge in [0.1, 0.15) is 5.02 Å². The van der Waals surface area contributed by atoms with E-state index in [9.17, 15) is 19.5 Å². The molecule has 2 aromatic carbocycles. The monoisotopic (exact) mass is 576 g/mol. The molecule has 0 radical (unpaired) electrons. The first-order chi connectivity index (χ1) is 16.9. The maximum Gasteiger partial charge on any atom is 0.310 e. The molecule has 0 bridgehead atoms. The molecular weight excluding hydrogens is 543 g/mol. The summed E-state index contributed by atoms with van der Waals surface area (Å²) in [6, 6.07) is 10.2. The number of carbonyl (C=O) groups is 3. The quantitative estimate of drug-likeness (QED) is 0.193. The maximum absolute atomic E-state index is 12.9. The minimum Gasteiger partial charge on any atom is -0.505 e. The number of hydrogen-bond donors (Lipinski definition) is 3. The van der Waals surface area contributed by atoms with Crippen molar-refractivity contribution in [3.05, 3.63) is 69.8 Å². The van der Waals surface area contributed by atoms with Crippen LogP contribution in [0.15, 0.2) is 48.7 Å². The van der Waals surface area contributed by atoms with Gasteiger partial charge in [-0.25, -0.2) is 0 Å². The van der Waals surface area contributed by atoms with Crippen LogP contribution >= 0.6 is 35.6 Å². The third kappa shape index (κ3) is 11.3. The van der Waals surface area contributed by atoms with E-state index in [1.807, 2.05) is 37.4 Å². The second-order valence-electron chi connectivity index (χ2n) is 7.94. The Labute approximate surface area is 235 Å². The Morgan fingerprint density at radius 2 is 1.76 bits per heavy atom. The van der Waals surface area contributed by atoms with Crippen LogP contribution in [0.1, 0.15) is 51.5 Å². The molecule has 0 aromatic heterocycles. The molecular formula is C26H35Cl3N2O6.